The monoisotopic (exact) mass is 242 g/mol. The molecule has 0 spiro atoms. The van der Waals surface area contributed by atoms with E-state index in [-0.39, 0.29) is 0 Å². The highest BCUT2D eigenvalue weighted by atomic mass is 32.1. The number of nitrogens with one attached hydrogen (secondary N) is 1. The number of nitrogens with two attached hydrogens (primary N) is 2. The van der Waals surface area contributed by atoms with Crippen molar-refractivity contribution in [3.05, 3.63) is 0 Å². The zero-order valence-electron chi connectivity index (χ0n) is 9.40. The highest BCUT2D eigenvalue weighted by molar-refractivity contribution is 7.80. The van der Waals surface area contributed by atoms with Gasteiger partial charge < -0.3 is 21.7 Å². The summed E-state index contributed by atoms with van der Waals surface area (Å²) in [7, 11) is 2.13. The third-order valence-corrected chi connectivity index (χ3v) is 4.38. The van der Waals surface area contributed by atoms with Crippen LogP contribution in [0.3, 0.4) is 0 Å². The summed E-state index contributed by atoms with van der Waals surface area (Å²) in [6.45, 7) is 0. The molecule has 2 fully saturated rings. The van der Waals surface area contributed by atoms with E-state index >= 15 is 0 Å². The SMILES string of the molecule is CN1C2CCC1CC(N)(C(=S)NC(N)=O)C2. The number of piperidine rings is 1. The average molecular weight is 242 g/mol. The standard InChI is InChI=1S/C10H18N4OS/c1-14-6-2-3-7(14)5-10(12,4-6)8(16)13-9(11)15/h6-7H,2-5,12H2,1H3,(H3,11,13,15,16). The van der Waals surface area contributed by atoms with E-state index in [1.807, 2.05) is 0 Å². The number of amides is 2. The number of hydrogen-bond donors (Lipinski definition) is 3. The molecule has 2 bridgehead atoms. The first-order valence-electron chi connectivity index (χ1n) is 5.54. The number of fused-ring (bicyclic) bond motifs is 2. The van der Waals surface area contributed by atoms with Crippen LogP contribution >= 0.6 is 12.2 Å². The van der Waals surface area contributed by atoms with E-state index in [1.165, 1.54) is 12.8 Å². The Morgan fingerprint density at radius 1 is 1.44 bits per heavy atom. The summed E-state index contributed by atoms with van der Waals surface area (Å²) < 4.78 is 0. The fourth-order valence-electron chi connectivity index (χ4n) is 2.93. The third kappa shape index (κ3) is 1.92. The van der Waals surface area contributed by atoms with E-state index < -0.39 is 11.6 Å². The third-order valence-electron chi connectivity index (χ3n) is 3.87. The maximum atomic E-state index is 10.8. The molecule has 2 heterocycles. The van der Waals surface area contributed by atoms with Gasteiger partial charge in [-0.05, 0) is 32.7 Å². The summed E-state index contributed by atoms with van der Waals surface area (Å²) in [5, 5.41) is 2.46. The Morgan fingerprint density at radius 3 is 2.38 bits per heavy atom. The number of thiocarbonyl (C=S) groups is 1. The largest absolute Gasteiger partial charge is 0.351 e. The normalized spacial score (nSPS) is 38.4. The second-order valence-electron chi connectivity index (χ2n) is 4.93. The molecule has 5 nitrogen and oxygen atoms in total. The Balaban J connectivity index is 2.10. The number of carbonyl (C=O) groups is 1. The van der Waals surface area contributed by atoms with Gasteiger partial charge in [0.2, 0.25) is 0 Å². The summed E-state index contributed by atoms with van der Waals surface area (Å²) in [5.74, 6) is 0. The van der Waals surface area contributed by atoms with Gasteiger partial charge in [-0.25, -0.2) is 4.79 Å². The molecule has 0 aliphatic carbocycles. The number of primary amides is 1. The summed E-state index contributed by atoms with van der Waals surface area (Å²) in [5.41, 5.74) is 10.8. The van der Waals surface area contributed by atoms with Crippen LogP contribution in [0.2, 0.25) is 0 Å². The van der Waals surface area contributed by atoms with E-state index in [0.29, 0.717) is 17.1 Å². The average Bonchev–Trinajstić information content (AvgIpc) is 2.43. The molecule has 2 aliphatic rings. The van der Waals surface area contributed by atoms with Crippen molar-refractivity contribution in [3.8, 4) is 0 Å². The highest BCUT2D eigenvalue weighted by Crippen LogP contribution is 2.38. The fraction of sp³-hybridized carbons (Fsp3) is 0.800. The minimum absolute atomic E-state index is 0.394. The summed E-state index contributed by atoms with van der Waals surface area (Å²) >= 11 is 5.18. The van der Waals surface area contributed by atoms with Gasteiger partial charge in [0.1, 0.15) is 4.99 Å². The Hall–Kier alpha value is -0.720. The predicted octanol–water partition coefficient (Wildman–Crippen LogP) is -0.0638. The maximum Gasteiger partial charge on any atom is 0.317 e. The molecule has 2 unspecified atom stereocenters. The molecule has 5 N–H and O–H groups in total. The van der Waals surface area contributed by atoms with E-state index in [4.69, 9.17) is 23.7 Å². The van der Waals surface area contributed by atoms with Crippen LogP contribution in [-0.4, -0.2) is 40.6 Å². The number of nitrogens with zero attached hydrogens (tertiary/aromatic N) is 1. The van der Waals surface area contributed by atoms with Crippen LogP contribution in [-0.2, 0) is 0 Å². The molecular weight excluding hydrogens is 224 g/mol. The molecular formula is C10H18N4OS. The van der Waals surface area contributed by atoms with Crippen molar-refractivity contribution in [3.63, 3.8) is 0 Å². The lowest BCUT2D eigenvalue weighted by Crippen LogP contribution is -2.62. The molecule has 0 radical (unpaired) electrons. The van der Waals surface area contributed by atoms with Gasteiger partial charge in [0, 0.05) is 12.1 Å². The summed E-state index contributed by atoms with van der Waals surface area (Å²) in [6.07, 6.45) is 3.94. The van der Waals surface area contributed by atoms with Crippen molar-refractivity contribution >= 4 is 23.2 Å². The van der Waals surface area contributed by atoms with Crippen molar-refractivity contribution in [2.45, 2.75) is 43.3 Å². The Kier molecular flexibility index (Phi) is 2.90. The van der Waals surface area contributed by atoms with Crippen molar-refractivity contribution in [2.75, 3.05) is 7.05 Å². The maximum absolute atomic E-state index is 10.8. The van der Waals surface area contributed by atoms with Crippen LogP contribution in [0, 0.1) is 0 Å². The lowest BCUT2D eigenvalue weighted by molar-refractivity contribution is 0.143. The molecule has 0 aromatic heterocycles. The summed E-state index contributed by atoms with van der Waals surface area (Å²) in [6, 6.07) is 0.342. The topological polar surface area (TPSA) is 84.4 Å². The molecule has 2 atom stereocenters. The number of rotatable bonds is 1. The van der Waals surface area contributed by atoms with Gasteiger partial charge in [-0.3, -0.25) is 0 Å². The van der Waals surface area contributed by atoms with E-state index in [2.05, 4.69) is 17.3 Å². The molecule has 16 heavy (non-hydrogen) atoms. The van der Waals surface area contributed by atoms with Crippen molar-refractivity contribution in [1.82, 2.24) is 10.2 Å². The molecule has 0 aromatic rings. The number of hydrogen-bond acceptors (Lipinski definition) is 4. The minimum Gasteiger partial charge on any atom is -0.351 e. The molecule has 2 aliphatic heterocycles. The first-order chi connectivity index (χ1) is 7.42. The lowest BCUT2D eigenvalue weighted by Gasteiger charge is -2.43. The zero-order chi connectivity index (χ0) is 11.9. The van der Waals surface area contributed by atoms with Crippen molar-refractivity contribution in [1.29, 1.82) is 0 Å². The van der Waals surface area contributed by atoms with E-state index in [0.717, 1.165) is 12.8 Å². The van der Waals surface area contributed by atoms with Gasteiger partial charge in [-0.1, -0.05) is 12.2 Å². The van der Waals surface area contributed by atoms with Crippen LogP contribution in [0.15, 0.2) is 0 Å². The lowest BCUT2D eigenvalue weighted by atomic mass is 9.83. The molecule has 2 saturated heterocycles. The Bertz CT molecular complexity index is 319. The van der Waals surface area contributed by atoms with Gasteiger partial charge >= 0.3 is 6.03 Å². The number of carbonyl (C=O) groups excluding carboxylic acids is 1. The Labute approximate surface area is 101 Å². The predicted molar refractivity (Wildman–Crippen MR) is 66.0 cm³/mol. The van der Waals surface area contributed by atoms with Gasteiger partial charge in [-0.2, -0.15) is 0 Å². The van der Waals surface area contributed by atoms with Crippen LogP contribution in [0.5, 0.6) is 0 Å². The molecule has 2 amide bonds. The molecule has 90 valence electrons. The second kappa shape index (κ2) is 3.94. The van der Waals surface area contributed by atoms with Crippen LogP contribution in [0.25, 0.3) is 0 Å². The quantitative estimate of drug-likeness (QED) is 0.562. The minimum atomic E-state index is -0.624. The van der Waals surface area contributed by atoms with E-state index in [1.54, 1.807) is 0 Å². The van der Waals surface area contributed by atoms with Crippen molar-refractivity contribution < 1.29 is 4.79 Å². The molecule has 2 rings (SSSR count). The van der Waals surface area contributed by atoms with Crippen LogP contribution in [0.4, 0.5) is 4.79 Å². The Morgan fingerprint density at radius 2 is 1.94 bits per heavy atom. The smallest absolute Gasteiger partial charge is 0.317 e. The second-order valence-corrected chi connectivity index (χ2v) is 5.34. The number of urea groups is 1. The molecule has 0 saturated carbocycles. The van der Waals surface area contributed by atoms with Gasteiger partial charge in [0.15, 0.2) is 0 Å². The summed E-state index contributed by atoms with van der Waals surface area (Å²) in [4.78, 5) is 13.6. The van der Waals surface area contributed by atoms with E-state index in [9.17, 15) is 4.79 Å². The fourth-order valence-corrected chi connectivity index (χ4v) is 3.20. The van der Waals surface area contributed by atoms with Crippen molar-refractivity contribution in [2.24, 2.45) is 11.5 Å². The van der Waals surface area contributed by atoms with Gasteiger partial charge in [0.05, 0.1) is 5.54 Å². The highest BCUT2D eigenvalue weighted by Gasteiger charge is 2.47. The van der Waals surface area contributed by atoms with Crippen LogP contribution in [0.1, 0.15) is 25.7 Å². The van der Waals surface area contributed by atoms with Crippen LogP contribution < -0.4 is 16.8 Å². The molecule has 0 aromatic carbocycles. The molecule has 6 heteroatoms. The first kappa shape index (κ1) is 11.8. The van der Waals surface area contributed by atoms with Gasteiger partial charge in [0.25, 0.3) is 0 Å². The van der Waals surface area contributed by atoms with Gasteiger partial charge in [-0.15, -0.1) is 0 Å². The zero-order valence-corrected chi connectivity index (χ0v) is 10.2. The first-order valence-corrected chi connectivity index (χ1v) is 5.95.